The molecule has 50 heavy (non-hydrogen) atoms. The van der Waals surface area contributed by atoms with Crippen molar-refractivity contribution >= 4 is 24.1 Å². The summed E-state index contributed by atoms with van der Waals surface area (Å²) in [5, 5.41) is 3.54. The van der Waals surface area contributed by atoms with Gasteiger partial charge in [-0.3, -0.25) is 29.3 Å². The molecule has 0 unspecified atom stereocenters. The number of rotatable bonds is 14. The summed E-state index contributed by atoms with van der Waals surface area (Å²) in [6.07, 6.45) is 4.41. The molecule has 254 valence electrons. The lowest BCUT2D eigenvalue weighted by atomic mass is 9.77. The van der Waals surface area contributed by atoms with Crippen molar-refractivity contribution in [3.05, 3.63) is 138 Å². The molecule has 0 bridgehead atoms. The van der Waals surface area contributed by atoms with Crippen molar-refractivity contribution in [1.82, 2.24) is 14.9 Å². The highest BCUT2D eigenvalue weighted by Gasteiger charge is 2.47. The molecule has 3 heterocycles. The highest BCUT2D eigenvalue weighted by molar-refractivity contribution is 5.72. The fourth-order valence-electron chi connectivity index (χ4n) is 6.07. The van der Waals surface area contributed by atoms with Gasteiger partial charge in [-0.25, -0.2) is 0 Å². The standard InChI is InChI=1S/C39H36N4O7/c1-27(45)48-33-12-14-35-37(23-33)50-38-24-34(49-28(2)46)13-15-36(38)39(35,47-26-44)29-8-7-11-31(22-29)42-19-21-43(25-32-10-4-6-18-41-32)20-16-30-9-3-5-17-40-30/h3-15,17-18,22-24,26,42H,16,19-21,25H2,1-2H3. The zero-order chi connectivity index (χ0) is 34.9. The summed E-state index contributed by atoms with van der Waals surface area (Å²) < 4.78 is 23.0. The quantitative estimate of drug-likeness (QED) is 0.0840. The zero-order valence-corrected chi connectivity index (χ0v) is 27.7. The van der Waals surface area contributed by atoms with Crippen LogP contribution < -0.4 is 19.5 Å². The Kier molecular flexibility index (Phi) is 10.4. The Morgan fingerprint density at radius 1 is 0.780 bits per heavy atom. The van der Waals surface area contributed by atoms with E-state index in [-0.39, 0.29) is 11.5 Å². The van der Waals surface area contributed by atoms with Crippen LogP contribution in [0.25, 0.3) is 0 Å². The van der Waals surface area contributed by atoms with Crippen LogP contribution in [0, 0.1) is 0 Å². The fraction of sp³-hybridized carbons (Fsp3) is 0.205. The lowest BCUT2D eigenvalue weighted by molar-refractivity contribution is -0.138. The van der Waals surface area contributed by atoms with E-state index in [0.29, 0.717) is 47.8 Å². The largest absolute Gasteiger partial charge is 0.456 e. The first-order valence-corrected chi connectivity index (χ1v) is 16.2. The first kappa shape index (κ1) is 33.8. The highest BCUT2D eigenvalue weighted by atomic mass is 16.6. The number of ether oxygens (including phenoxy) is 4. The fourth-order valence-corrected chi connectivity index (χ4v) is 6.07. The van der Waals surface area contributed by atoms with E-state index in [4.69, 9.17) is 18.9 Å². The summed E-state index contributed by atoms with van der Waals surface area (Å²) in [5.74, 6) is 0.115. The van der Waals surface area contributed by atoms with E-state index in [9.17, 15) is 14.4 Å². The molecule has 6 rings (SSSR count). The molecule has 0 fully saturated rings. The predicted octanol–water partition coefficient (Wildman–Crippen LogP) is 6.05. The molecule has 1 aliphatic rings. The topological polar surface area (TPSA) is 129 Å². The number of pyridine rings is 2. The Bertz CT molecular complexity index is 1910. The molecule has 1 N–H and O–H groups in total. The third-order valence-corrected chi connectivity index (χ3v) is 8.18. The number of esters is 2. The zero-order valence-electron chi connectivity index (χ0n) is 27.7. The normalized spacial score (nSPS) is 12.5. The van der Waals surface area contributed by atoms with Crippen LogP contribution in [0.2, 0.25) is 0 Å². The maximum atomic E-state index is 12.3. The van der Waals surface area contributed by atoms with Crippen LogP contribution in [0.5, 0.6) is 23.0 Å². The van der Waals surface area contributed by atoms with Crippen LogP contribution in [0.1, 0.15) is 41.9 Å². The van der Waals surface area contributed by atoms with Crippen molar-refractivity contribution < 1.29 is 33.3 Å². The molecule has 11 heteroatoms. The number of fused-ring (bicyclic) bond motifs is 2. The summed E-state index contributed by atoms with van der Waals surface area (Å²) >= 11 is 0. The molecule has 0 aliphatic carbocycles. The number of hydrogen-bond acceptors (Lipinski definition) is 11. The summed E-state index contributed by atoms with van der Waals surface area (Å²) in [6, 6.07) is 29.2. The minimum Gasteiger partial charge on any atom is -0.456 e. The maximum Gasteiger partial charge on any atom is 0.308 e. The smallest absolute Gasteiger partial charge is 0.308 e. The lowest BCUT2D eigenvalue weighted by Crippen LogP contribution is -2.35. The number of aromatic nitrogens is 2. The van der Waals surface area contributed by atoms with Crippen LogP contribution in [-0.2, 0) is 37.7 Å². The van der Waals surface area contributed by atoms with E-state index in [1.54, 1.807) is 48.8 Å². The van der Waals surface area contributed by atoms with E-state index < -0.39 is 17.5 Å². The Morgan fingerprint density at radius 3 is 2.00 bits per heavy atom. The minimum atomic E-state index is -1.46. The minimum absolute atomic E-state index is 0.254. The van der Waals surface area contributed by atoms with Gasteiger partial charge in [-0.05, 0) is 60.7 Å². The van der Waals surface area contributed by atoms with E-state index in [2.05, 4.69) is 20.2 Å². The van der Waals surface area contributed by atoms with Gasteiger partial charge >= 0.3 is 11.9 Å². The summed E-state index contributed by atoms with van der Waals surface area (Å²) in [4.78, 5) is 47.1. The van der Waals surface area contributed by atoms with Gasteiger partial charge in [0, 0.05) is 99.0 Å². The van der Waals surface area contributed by atoms with Crippen molar-refractivity contribution in [2.24, 2.45) is 0 Å². The first-order valence-electron chi connectivity index (χ1n) is 16.2. The van der Waals surface area contributed by atoms with Gasteiger partial charge < -0.3 is 24.3 Å². The molecule has 0 amide bonds. The molecule has 0 saturated heterocycles. The molecule has 0 atom stereocenters. The average Bonchev–Trinajstić information content (AvgIpc) is 3.11. The van der Waals surface area contributed by atoms with Crippen molar-refractivity contribution in [2.45, 2.75) is 32.4 Å². The van der Waals surface area contributed by atoms with Crippen LogP contribution in [0.4, 0.5) is 5.69 Å². The Balaban J connectivity index is 1.30. The first-order chi connectivity index (χ1) is 24.3. The van der Waals surface area contributed by atoms with Gasteiger partial charge in [0.05, 0.1) is 5.69 Å². The molecule has 0 radical (unpaired) electrons. The van der Waals surface area contributed by atoms with Gasteiger partial charge in [0.15, 0.2) is 5.60 Å². The number of hydrogen-bond donors (Lipinski definition) is 1. The Labute approximate surface area is 289 Å². The lowest BCUT2D eigenvalue weighted by Gasteiger charge is -2.39. The number of benzene rings is 3. The Morgan fingerprint density at radius 2 is 1.42 bits per heavy atom. The molecule has 2 aromatic heterocycles. The van der Waals surface area contributed by atoms with E-state index in [0.717, 1.165) is 36.6 Å². The summed E-state index contributed by atoms with van der Waals surface area (Å²) in [7, 11) is 0. The molecular formula is C39H36N4O7. The molecule has 1 aliphatic heterocycles. The third-order valence-electron chi connectivity index (χ3n) is 8.18. The third kappa shape index (κ3) is 7.79. The molecule has 3 aromatic carbocycles. The van der Waals surface area contributed by atoms with Gasteiger partial charge in [0.25, 0.3) is 6.47 Å². The molecule has 0 spiro atoms. The van der Waals surface area contributed by atoms with Crippen LogP contribution in [0.3, 0.4) is 0 Å². The van der Waals surface area contributed by atoms with E-state index in [1.807, 2.05) is 60.7 Å². The van der Waals surface area contributed by atoms with Crippen LogP contribution >= 0.6 is 0 Å². The second-order valence-electron chi connectivity index (χ2n) is 11.7. The van der Waals surface area contributed by atoms with Gasteiger partial charge in [-0.2, -0.15) is 0 Å². The van der Waals surface area contributed by atoms with E-state index in [1.165, 1.54) is 13.8 Å². The van der Waals surface area contributed by atoms with Crippen molar-refractivity contribution in [1.29, 1.82) is 0 Å². The van der Waals surface area contributed by atoms with Gasteiger partial charge in [-0.1, -0.05) is 24.3 Å². The highest BCUT2D eigenvalue weighted by Crippen LogP contribution is 2.54. The molecule has 0 saturated carbocycles. The predicted molar refractivity (Wildman–Crippen MR) is 185 cm³/mol. The van der Waals surface area contributed by atoms with Crippen molar-refractivity contribution in [2.75, 3.05) is 25.0 Å². The number of carbonyl (C=O) groups excluding carboxylic acids is 3. The van der Waals surface area contributed by atoms with Gasteiger partial charge in [-0.15, -0.1) is 0 Å². The summed E-state index contributed by atoms with van der Waals surface area (Å²) in [6.45, 7) is 5.83. The monoisotopic (exact) mass is 672 g/mol. The van der Waals surface area contributed by atoms with Gasteiger partial charge in [0.2, 0.25) is 0 Å². The van der Waals surface area contributed by atoms with Gasteiger partial charge in [0.1, 0.15) is 23.0 Å². The SMILES string of the molecule is CC(=O)Oc1ccc2c(c1)Oc1cc(OC(C)=O)ccc1C2(OC=O)c1cccc(NCCN(CCc2ccccn2)Cc2ccccn2)c1. The number of carbonyl (C=O) groups is 3. The second-order valence-corrected chi connectivity index (χ2v) is 11.7. The van der Waals surface area contributed by atoms with E-state index >= 15 is 0 Å². The Hall–Kier alpha value is -6.07. The summed E-state index contributed by atoms with van der Waals surface area (Å²) in [5.41, 5.74) is 3.02. The second kappa shape index (κ2) is 15.4. The molecular weight excluding hydrogens is 636 g/mol. The van der Waals surface area contributed by atoms with Crippen molar-refractivity contribution in [3.63, 3.8) is 0 Å². The van der Waals surface area contributed by atoms with Crippen LogP contribution in [0.15, 0.2) is 109 Å². The number of nitrogens with one attached hydrogen (secondary N) is 1. The maximum absolute atomic E-state index is 12.3. The number of nitrogens with zero attached hydrogens (tertiary/aromatic N) is 3. The van der Waals surface area contributed by atoms with Crippen LogP contribution in [-0.4, -0.2) is 52.9 Å². The molecule has 11 nitrogen and oxygen atoms in total. The number of anilines is 1. The average molecular weight is 673 g/mol. The van der Waals surface area contributed by atoms with Crippen molar-refractivity contribution in [3.8, 4) is 23.0 Å². The molecule has 5 aromatic rings.